The Kier molecular flexibility index (Phi) is 3.58. The van der Waals surface area contributed by atoms with Gasteiger partial charge in [0.25, 0.3) is 0 Å². The van der Waals surface area contributed by atoms with E-state index in [1.165, 1.54) is 0 Å². The second-order valence-electron chi connectivity index (χ2n) is 4.15. The van der Waals surface area contributed by atoms with E-state index in [4.69, 9.17) is 15.7 Å². The van der Waals surface area contributed by atoms with Gasteiger partial charge in [-0.3, -0.25) is 0 Å². The molecule has 19 heavy (non-hydrogen) atoms. The number of methoxy groups -OCH3 is 1. The summed E-state index contributed by atoms with van der Waals surface area (Å²) in [6.45, 7) is 0. The van der Waals surface area contributed by atoms with Crippen LogP contribution in [0.3, 0.4) is 0 Å². The van der Waals surface area contributed by atoms with Crippen molar-refractivity contribution in [3.63, 3.8) is 0 Å². The molecule has 0 unspecified atom stereocenters. The molecule has 0 saturated heterocycles. The van der Waals surface area contributed by atoms with Crippen LogP contribution in [0.4, 0.5) is 17.1 Å². The molecule has 4 heteroatoms. The van der Waals surface area contributed by atoms with Gasteiger partial charge in [-0.2, -0.15) is 5.26 Å². The fraction of sp³-hybridized carbons (Fsp3) is 0.133. The van der Waals surface area contributed by atoms with Gasteiger partial charge < -0.3 is 15.4 Å². The molecular formula is C15H15N3O. The van der Waals surface area contributed by atoms with E-state index in [1.807, 2.05) is 42.3 Å². The molecular weight excluding hydrogens is 238 g/mol. The molecule has 2 N–H and O–H groups in total. The van der Waals surface area contributed by atoms with Crippen molar-refractivity contribution in [1.29, 1.82) is 5.26 Å². The summed E-state index contributed by atoms with van der Waals surface area (Å²) in [5, 5.41) is 8.84. The van der Waals surface area contributed by atoms with E-state index in [0.717, 1.165) is 17.1 Å². The van der Waals surface area contributed by atoms with Gasteiger partial charge in [0.15, 0.2) is 0 Å². The van der Waals surface area contributed by atoms with E-state index in [2.05, 4.69) is 6.07 Å². The third-order valence-electron chi connectivity index (χ3n) is 2.96. The number of nitriles is 1. The SMILES string of the molecule is COc1cccc(N(C)c2ccc(C#N)cc2N)c1. The number of ether oxygens (including phenoxy) is 1. The number of benzene rings is 2. The summed E-state index contributed by atoms with van der Waals surface area (Å²) >= 11 is 0. The number of rotatable bonds is 3. The average molecular weight is 253 g/mol. The monoisotopic (exact) mass is 253 g/mol. The molecule has 0 saturated carbocycles. The Bertz CT molecular complexity index is 632. The van der Waals surface area contributed by atoms with E-state index >= 15 is 0 Å². The van der Waals surface area contributed by atoms with Crippen molar-refractivity contribution in [3.8, 4) is 11.8 Å². The number of hydrogen-bond acceptors (Lipinski definition) is 4. The minimum atomic E-state index is 0.556. The molecule has 0 spiro atoms. The van der Waals surface area contributed by atoms with Crippen LogP contribution in [-0.4, -0.2) is 14.2 Å². The third-order valence-corrected chi connectivity index (χ3v) is 2.96. The molecule has 0 heterocycles. The summed E-state index contributed by atoms with van der Waals surface area (Å²) in [5.41, 5.74) is 8.93. The molecule has 0 bridgehead atoms. The normalized spacial score (nSPS) is 9.74. The summed E-state index contributed by atoms with van der Waals surface area (Å²) < 4.78 is 5.21. The van der Waals surface area contributed by atoms with E-state index in [1.54, 1.807) is 19.2 Å². The van der Waals surface area contributed by atoms with E-state index in [9.17, 15) is 0 Å². The van der Waals surface area contributed by atoms with Crippen LogP contribution < -0.4 is 15.4 Å². The minimum absolute atomic E-state index is 0.556. The van der Waals surface area contributed by atoms with Crippen LogP contribution in [0, 0.1) is 11.3 Å². The van der Waals surface area contributed by atoms with Crippen LogP contribution >= 0.6 is 0 Å². The summed E-state index contributed by atoms with van der Waals surface area (Å²) in [7, 11) is 3.56. The second kappa shape index (κ2) is 5.32. The van der Waals surface area contributed by atoms with Crippen molar-refractivity contribution in [2.75, 3.05) is 24.8 Å². The molecule has 0 radical (unpaired) electrons. The summed E-state index contributed by atoms with van der Waals surface area (Å²) in [5.74, 6) is 0.788. The van der Waals surface area contributed by atoms with Crippen molar-refractivity contribution >= 4 is 17.1 Å². The van der Waals surface area contributed by atoms with E-state index in [0.29, 0.717) is 11.3 Å². The first-order chi connectivity index (χ1) is 9.15. The van der Waals surface area contributed by atoms with E-state index in [-0.39, 0.29) is 0 Å². The van der Waals surface area contributed by atoms with Gasteiger partial charge in [0.1, 0.15) is 5.75 Å². The predicted molar refractivity (Wildman–Crippen MR) is 76.6 cm³/mol. The Morgan fingerprint density at radius 3 is 2.63 bits per heavy atom. The number of nitrogens with two attached hydrogens (primary N) is 1. The lowest BCUT2D eigenvalue weighted by molar-refractivity contribution is 0.415. The van der Waals surface area contributed by atoms with Crippen LogP contribution in [0.15, 0.2) is 42.5 Å². The average Bonchev–Trinajstić information content (AvgIpc) is 2.46. The van der Waals surface area contributed by atoms with Crippen molar-refractivity contribution in [2.24, 2.45) is 0 Å². The Morgan fingerprint density at radius 2 is 2.00 bits per heavy atom. The number of anilines is 3. The highest BCUT2D eigenvalue weighted by molar-refractivity contribution is 5.76. The molecule has 0 atom stereocenters. The van der Waals surface area contributed by atoms with Gasteiger partial charge in [0.05, 0.1) is 30.1 Å². The quantitative estimate of drug-likeness (QED) is 0.854. The summed E-state index contributed by atoms with van der Waals surface area (Å²) in [4.78, 5) is 1.96. The smallest absolute Gasteiger partial charge is 0.120 e. The molecule has 0 aliphatic carbocycles. The predicted octanol–water partition coefficient (Wildman–Crippen LogP) is 2.92. The van der Waals surface area contributed by atoms with Crippen molar-refractivity contribution in [3.05, 3.63) is 48.0 Å². The standard InChI is InChI=1S/C15H15N3O/c1-18(12-4-3-5-13(9-12)19-2)15-7-6-11(10-16)8-14(15)17/h3-9H,17H2,1-2H3. The van der Waals surface area contributed by atoms with Gasteiger partial charge >= 0.3 is 0 Å². The highest BCUT2D eigenvalue weighted by atomic mass is 16.5. The molecule has 4 nitrogen and oxygen atoms in total. The lowest BCUT2D eigenvalue weighted by Crippen LogP contribution is -2.11. The Hall–Kier alpha value is -2.67. The van der Waals surface area contributed by atoms with Crippen LogP contribution in [0.25, 0.3) is 0 Å². The fourth-order valence-corrected chi connectivity index (χ4v) is 1.89. The number of nitrogens with zero attached hydrogens (tertiary/aromatic N) is 2. The topological polar surface area (TPSA) is 62.3 Å². The largest absolute Gasteiger partial charge is 0.497 e. The molecule has 96 valence electrons. The van der Waals surface area contributed by atoms with Crippen molar-refractivity contribution in [2.45, 2.75) is 0 Å². The zero-order valence-corrected chi connectivity index (χ0v) is 10.9. The maximum Gasteiger partial charge on any atom is 0.120 e. The molecule has 2 aromatic carbocycles. The van der Waals surface area contributed by atoms with Crippen molar-refractivity contribution < 1.29 is 4.74 Å². The molecule has 0 aliphatic heterocycles. The van der Waals surface area contributed by atoms with Gasteiger partial charge in [-0.1, -0.05) is 6.07 Å². The Labute approximate surface area is 112 Å². The highest BCUT2D eigenvalue weighted by Gasteiger charge is 2.09. The lowest BCUT2D eigenvalue weighted by Gasteiger charge is -2.21. The first-order valence-electron chi connectivity index (χ1n) is 5.83. The number of hydrogen-bond donors (Lipinski definition) is 1. The zero-order chi connectivity index (χ0) is 13.8. The Morgan fingerprint density at radius 1 is 1.21 bits per heavy atom. The first-order valence-corrected chi connectivity index (χ1v) is 5.83. The fourth-order valence-electron chi connectivity index (χ4n) is 1.89. The maximum absolute atomic E-state index is 8.84. The zero-order valence-electron chi connectivity index (χ0n) is 10.9. The van der Waals surface area contributed by atoms with Crippen LogP contribution in [0.1, 0.15) is 5.56 Å². The molecule has 2 rings (SSSR count). The maximum atomic E-state index is 8.84. The van der Waals surface area contributed by atoms with Crippen LogP contribution in [-0.2, 0) is 0 Å². The minimum Gasteiger partial charge on any atom is -0.497 e. The van der Waals surface area contributed by atoms with Gasteiger partial charge in [0.2, 0.25) is 0 Å². The van der Waals surface area contributed by atoms with Crippen molar-refractivity contribution in [1.82, 2.24) is 0 Å². The lowest BCUT2D eigenvalue weighted by atomic mass is 10.1. The van der Waals surface area contributed by atoms with Gasteiger partial charge in [0, 0.05) is 18.8 Å². The van der Waals surface area contributed by atoms with Crippen LogP contribution in [0.2, 0.25) is 0 Å². The van der Waals surface area contributed by atoms with Crippen LogP contribution in [0.5, 0.6) is 5.75 Å². The molecule has 0 aliphatic rings. The summed E-state index contributed by atoms with van der Waals surface area (Å²) in [6.07, 6.45) is 0. The highest BCUT2D eigenvalue weighted by Crippen LogP contribution is 2.31. The van der Waals surface area contributed by atoms with Gasteiger partial charge in [-0.25, -0.2) is 0 Å². The van der Waals surface area contributed by atoms with Gasteiger partial charge in [-0.15, -0.1) is 0 Å². The molecule has 2 aromatic rings. The summed E-state index contributed by atoms with van der Waals surface area (Å²) in [6, 6.07) is 15.0. The first kappa shape index (κ1) is 12.8. The molecule has 0 aromatic heterocycles. The number of nitrogen functional groups attached to an aromatic ring is 1. The second-order valence-corrected chi connectivity index (χ2v) is 4.15. The third kappa shape index (κ3) is 2.61. The molecule has 0 amide bonds. The van der Waals surface area contributed by atoms with E-state index < -0.39 is 0 Å². The Balaban J connectivity index is 2.38. The molecule has 0 fully saturated rings. The van der Waals surface area contributed by atoms with Gasteiger partial charge in [-0.05, 0) is 30.3 Å².